The van der Waals surface area contributed by atoms with Gasteiger partial charge in [0.05, 0.1) is 5.69 Å². The Bertz CT molecular complexity index is 522. The molecule has 1 heteroatoms. The molecule has 3 aliphatic rings. The second kappa shape index (κ2) is 3.63. The van der Waals surface area contributed by atoms with Crippen molar-refractivity contribution in [3.63, 3.8) is 0 Å². The van der Waals surface area contributed by atoms with E-state index in [1.165, 1.54) is 55.5 Å². The maximum Gasteiger partial charge on any atom is 0.0708 e. The summed E-state index contributed by atoms with van der Waals surface area (Å²) in [5.74, 6) is 0.724. The van der Waals surface area contributed by atoms with Gasteiger partial charge in [-0.3, -0.25) is 5.32 Å². The fraction of sp³-hybridized carbons (Fsp3) is 0.529. The zero-order valence-corrected chi connectivity index (χ0v) is 11.1. The molecule has 1 aromatic rings. The molecule has 0 amide bonds. The van der Waals surface area contributed by atoms with Crippen molar-refractivity contribution in [2.45, 2.75) is 45.4 Å². The van der Waals surface area contributed by atoms with Gasteiger partial charge in [-0.25, -0.2) is 0 Å². The van der Waals surface area contributed by atoms with Gasteiger partial charge in [0.25, 0.3) is 0 Å². The molecule has 1 aromatic carbocycles. The smallest absolute Gasteiger partial charge is 0.0708 e. The van der Waals surface area contributed by atoms with Gasteiger partial charge in [0.15, 0.2) is 0 Å². The van der Waals surface area contributed by atoms with Gasteiger partial charge in [-0.2, -0.15) is 0 Å². The molecule has 1 atom stereocenters. The van der Waals surface area contributed by atoms with Crippen molar-refractivity contribution in [3.8, 4) is 0 Å². The topological polar surface area (TPSA) is 14.1 Å². The number of benzene rings is 1. The lowest BCUT2D eigenvalue weighted by Gasteiger charge is -2.47. The highest BCUT2D eigenvalue weighted by atomic mass is 14.9. The Morgan fingerprint density at radius 1 is 1.17 bits per heavy atom. The van der Waals surface area contributed by atoms with E-state index in [2.05, 4.69) is 31.2 Å². The summed E-state index contributed by atoms with van der Waals surface area (Å²) in [6, 6.07) is 8.69. The normalized spacial score (nSPS) is 28.2. The van der Waals surface area contributed by atoms with Gasteiger partial charge in [0.1, 0.15) is 0 Å². The van der Waals surface area contributed by atoms with Crippen molar-refractivity contribution in [1.82, 2.24) is 5.32 Å². The number of hydrogen-bond acceptors (Lipinski definition) is 0. The van der Waals surface area contributed by atoms with Crippen molar-refractivity contribution in [3.05, 3.63) is 35.5 Å². The van der Waals surface area contributed by atoms with Crippen LogP contribution in [0.1, 0.15) is 51.0 Å². The molecule has 1 radical (unpaired) electrons. The van der Waals surface area contributed by atoms with Gasteiger partial charge in [0.2, 0.25) is 0 Å². The van der Waals surface area contributed by atoms with Crippen LogP contribution in [0.25, 0.3) is 5.57 Å². The molecule has 0 saturated heterocycles. The highest BCUT2D eigenvalue weighted by Gasteiger charge is 2.45. The Morgan fingerprint density at radius 2 is 2.00 bits per heavy atom. The minimum Gasteiger partial charge on any atom is -0.252 e. The maximum absolute atomic E-state index is 4.98. The SMILES string of the molecule is CC1(C2CCCC3=C2[N]c2ccccc23)CCC1. The summed E-state index contributed by atoms with van der Waals surface area (Å²) >= 11 is 0. The summed E-state index contributed by atoms with van der Waals surface area (Å²) in [7, 11) is 0. The Kier molecular flexibility index (Phi) is 2.15. The van der Waals surface area contributed by atoms with Gasteiger partial charge >= 0.3 is 0 Å². The molecule has 1 unspecified atom stereocenters. The molecular formula is C17H20N. The van der Waals surface area contributed by atoms with Crippen molar-refractivity contribution in [2.75, 3.05) is 0 Å². The first-order valence-corrected chi connectivity index (χ1v) is 7.32. The van der Waals surface area contributed by atoms with Crippen LogP contribution in [0, 0.1) is 11.3 Å². The largest absolute Gasteiger partial charge is 0.252 e. The van der Waals surface area contributed by atoms with Crippen LogP contribution < -0.4 is 5.32 Å². The molecule has 0 bridgehead atoms. The molecule has 1 aliphatic heterocycles. The van der Waals surface area contributed by atoms with Gasteiger partial charge < -0.3 is 0 Å². The van der Waals surface area contributed by atoms with Crippen molar-refractivity contribution in [2.24, 2.45) is 11.3 Å². The van der Waals surface area contributed by atoms with E-state index < -0.39 is 0 Å². The first-order valence-electron chi connectivity index (χ1n) is 7.32. The van der Waals surface area contributed by atoms with E-state index in [1.54, 1.807) is 5.57 Å². The molecular weight excluding hydrogens is 218 g/mol. The van der Waals surface area contributed by atoms with Crippen LogP contribution >= 0.6 is 0 Å². The molecule has 1 fully saturated rings. The van der Waals surface area contributed by atoms with Gasteiger partial charge in [-0.1, -0.05) is 31.5 Å². The summed E-state index contributed by atoms with van der Waals surface area (Å²) in [5.41, 5.74) is 6.20. The lowest BCUT2D eigenvalue weighted by Crippen LogP contribution is -2.37. The van der Waals surface area contributed by atoms with E-state index in [0.29, 0.717) is 5.41 Å². The molecule has 0 N–H and O–H groups in total. The van der Waals surface area contributed by atoms with Crippen molar-refractivity contribution < 1.29 is 0 Å². The van der Waals surface area contributed by atoms with Gasteiger partial charge in [0, 0.05) is 17.2 Å². The molecule has 93 valence electrons. The summed E-state index contributed by atoms with van der Waals surface area (Å²) in [6.45, 7) is 2.48. The first kappa shape index (κ1) is 10.7. The summed E-state index contributed by atoms with van der Waals surface area (Å²) in [5, 5.41) is 4.98. The molecule has 1 heterocycles. The minimum absolute atomic E-state index is 0.548. The molecule has 0 aromatic heterocycles. The van der Waals surface area contributed by atoms with Crippen LogP contribution in [0.4, 0.5) is 5.69 Å². The van der Waals surface area contributed by atoms with Crippen LogP contribution in [0.5, 0.6) is 0 Å². The average Bonchev–Trinajstić information content (AvgIpc) is 2.74. The number of hydrogen-bond donors (Lipinski definition) is 0. The van der Waals surface area contributed by atoms with E-state index in [9.17, 15) is 0 Å². The molecule has 4 rings (SSSR count). The fourth-order valence-corrected chi connectivity index (χ4v) is 4.09. The monoisotopic (exact) mass is 238 g/mol. The Morgan fingerprint density at radius 3 is 2.78 bits per heavy atom. The van der Waals surface area contributed by atoms with E-state index in [4.69, 9.17) is 5.32 Å². The summed E-state index contributed by atoms with van der Waals surface area (Å²) in [4.78, 5) is 0. The predicted molar refractivity (Wildman–Crippen MR) is 74.5 cm³/mol. The highest BCUT2D eigenvalue weighted by Crippen LogP contribution is 2.56. The van der Waals surface area contributed by atoms with E-state index in [0.717, 1.165) is 5.92 Å². The molecule has 0 spiro atoms. The predicted octanol–water partition coefficient (Wildman–Crippen LogP) is 4.64. The summed E-state index contributed by atoms with van der Waals surface area (Å²) < 4.78 is 0. The Balaban J connectivity index is 1.77. The van der Waals surface area contributed by atoms with E-state index >= 15 is 0 Å². The third-order valence-corrected chi connectivity index (χ3v) is 5.37. The standard InChI is InChI=1S/C17H20N/c1-17(10-5-11-17)14-8-4-7-13-12-6-2-3-9-15(12)18-16(13)14/h2-3,6,9,14H,4-5,7-8,10-11H2,1H3. The molecule has 2 aliphatic carbocycles. The molecule has 18 heavy (non-hydrogen) atoms. The zero-order chi connectivity index (χ0) is 12.2. The van der Waals surface area contributed by atoms with Crippen LogP contribution in [-0.4, -0.2) is 0 Å². The average molecular weight is 238 g/mol. The lowest BCUT2D eigenvalue weighted by molar-refractivity contribution is 0.0810. The van der Waals surface area contributed by atoms with Crippen LogP contribution in [0.15, 0.2) is 30.0 Å². The lowest BCUT2D eigenvalue weighted by atomic mass is 9.59. The van der Waals surface area contributed by atoms with Crippen molar-refractivity contribution >= 4 is 11.3 Å². The fourth-order valence-electron chi connectivity index (χ4n) is 4.09. The molecule has 1 nitrogen and oxygen atoms in total. The van der Waals surface area contributed by atoms with Crippen LogP contribution in [0.2, 0.25) is 0 Å². The van der Waals surface area contributed by atoms with Gasteiger partial charge in [-0.15, -0.1) is 0 Å². The third-order valence-electron chi connectivity index (χ3n) is 5.37. The number of fused-ring (bicyclic) bond motifs is 2. The van der Waals surface area contributed by atoms with Gasteiger partial charge in [-0.05, 0) is 49.2 Å². The number of rotatable bonds is 1. The van der Waals surface area contributed by atoms with E-state index in [-0.39, 0.29) is 0 Å². The summed E-state index contributed by atoms with van der Waals surface area (Å²) in [6.07, 6.45) is 8.17. The number of para-hydroxylation sites is 1. The third kappa shape index (κ3) is 1.33. The van der Waals surface area contributed by atoms with Crippen molar-refractivity contribution in [1.29, 1.82) is 0 Å². The Labute approximate surface area is 109 Å². The number of allylic oxidation sites excluding steroid dienone is 2. The highest BCUT2D eigenvalue weighted by molar-refractivity contribution is 5.82. The quantitative estimate of drug-likeness (QED) is 0.677. The second-order valence-corrected chi connectivity index (χ2v) is 6.45. The molecule has 1 saturated carbocycles. The second-order valence-electron chi connectivity index (χ2n) is 6.45. The number of nitrogens with zero attached hydrogens (tertiary/aromatic N) is 1. The van der Waals surface area contributed by atoms with Crippen LogP contribution in [-0.2, 0) is 0 Å². The zero-order valence-electron chi connectivity index (χ0n) is 11.1. The maximum atomic E-state index is 4.98. The first-order chi connectivity index (χ1) is 8.78. The Hall–Kier alpha value is -1.24. The minimum atomic E-state index is 0.548. The van der Waals surface area contributed by atoms with Crippen LogP contribution in [0.3, 0.4) is 0 Å². The van der Waals surface area contributed by atoms with E-state index in [1.807, 2.05) is 0 Å².